The van der Waals surface area contributed by atoms with Gasteiger partial charge in [0.2, 0.25) is 0 Å². The van der Waals surface area contributed by atoms with Crippen molar-refractivity contribution in [2.75, 3.05) is 0 Å². The predicted octanol–water partition coefficient (Wildman–Crippen LogP) is 11.3. The van der Waals surface area contributed by atoms with Gasteiger partial charge in [-0.2, -0.15) is 0 Å². The van der Waals surface area contributed by atoms with Gasteiger partial charge in [0.15, 0.2) is 0 Å². The maximum Gasteiger partial charge on any atom is 2.00 e. The molecule has 0 amide bonds. The summed E-state index contributed by atoms with van der Waals surface area (Å²) in [4.78, 5) is 0. The first-order chi connectivity index (χ1) is 25.7. The Morgan fingerprint density at radius 2 is 0.566 bits per heavy atom. The third-order valence-corrected chi connectivity index (χ3v) is 14.8. The normalized spacial score (nSPS) is 16.5. The molecule has 0 aromatic heterocycles. The Bertz CT molecular complexity index is 1670. The van der Waals surface area contributed by atoms with Crippen molar-refractivity contribution in [3.05, 3.63) is 255 Å². The van der Waals surface area contributed by atoms with E-state index in [0.717, 1.165) is 0 Å². The minimum Gasteiger partial charge on any atom is -0.0622 e. The number of hydrogen-bond donors (Lipinski definition) is 0. The number of rotatable bonds is 10. The fourth-order valence-corrected chi connectivity index (χ4v) is 12.1. The van der Waals surface area contributed by atoms with Gasteiger partial charge in [0, 0.05) is 11.3 Å². The van der Waals surface area contributed by atoms with E-state index >= 15 is 0 Å². The van der Waals surface area contributed by atoms with Crippen LogP contribution in [0.1, 0.15) is 36.8 Å². The molecule has 6 aromatic rings. The first-order valence-electron chi connectivity index (χ1n) is 18.1. The summed E-state index contributed by atoms with van der Waals surface area (Å²) in [5, 5.41) is 5.62. The molecule has 260 valence electrons. The summed E-state index contributed by atoms with van der Waals surface area (Å²) < 4.78 is 0. The summed E-state index contributed by atoms with van der Waals surface area (Å²) >= 11 is 0. The summed E-state index contributed by atoms with van der Waals surface area (Å²) in [5.74, 6) is 3.65. The van der Waals surface area contributed by atoms with Gasteiger partial charge < -0.3 is 0 Å². The van der Waals surface area contributed by atoms with E-state index in [2.05, 4.69) is 234 Å². The molecule has 53 heavy (non-hydrogen) atoms. The van der Waals surface area contributed by atoms with E-state index in [1.54, 1.807) is 0 Å². The van der Waals surface area contributed by atoms with E-state index in [9.17, 15) is 0 Å². The first kappa shape index (κ1) is 39.4. The monoisotopic (exact) mass is 762 g/mol. The van der Waals surface area contributed by atoms with Crippen molar-refractivity contribution in [3.63, 3.8) is 0 Å². The predicted molar refractivity (Wildman–Crippen MR) is 227 cm³/mol. The van der Waals surface area contributed by atoms with E-state index in [4.69, 9.17) is 0 Å². The second-order valence-electron chi connectivity index (χ2n) is 13.0. The SMILES string of the molecule is CC([C]1[CH][CH][CH][C]1P(c1ccccc1)c1ccccc1)c1ccccc1.CC([C]1[CH][CH][CH][C]1P(c1ccccc1)c1ccccc1)c1ccccc1.[Fe+2]. The third-order valence-electron chi connectivity index (χ3n) is 9.72. The van der Waals surface area contributed by atoms with E-state index in [-0.39, 0.29) is 17.1 Å². The third kappa shape index (κ3) is 9.69. The molecule has 0 heterocycles. The number of benzene rings is 6. The Morgan fingerprint density at radius 3 is 0.830 bits per heavy atom. The van der Waals surface area contributed by atoms with Gasteiger partial charge >= 0.3 is 17.1 Å². The summed E-state index contributed by atoms with van der Waals surface area (Å²) in [5.41, 5.74) is 5.68. The van der Waals surface area contributed by atoms with E-state index in [1.807, 2.05) is 0 Å². The smallest absolute Gasteiger partial charge is 0.0622 e. The molecule has 0 aliphatic heterocycles. The largest absolute Gasteiger partial charge is 2.00 e. The second kappa shape index (κ2) is 19.9. The van der Waals surface area contributed by atoms with Gasteiger partial charge in [-0.25, -0.2) is 0 Å². The van der Waals surface area contributed by atoms with Gasteiger partial charge in [0.1, 0.15) is 0 Å². The molecule has 2 fully saturated rings. The van der Waals surface area contributed by atoms with Crippen LogP contribution in [-0.2, 0) is 17.1 Å². The van der Waals surface area contributed by atoms with Crippen molar-refractivity contribution in [2.24, 2.45) is 0 Å². The maximum absolute atomic E-state index is 2.32. The van der Waals surface area contributed by atoms with Crippen LogP contribution in [0.25, 0.3) is 0 Å². The minimum absolute atomic E-state index is 0. The van der Waals surface area contributed by atoms with Crippen LogP contribution in [0.4, 0.5) is 0 Å². The molecule has 3 heteroatoms. The van der Waals surface area contributed by atoms with Gasteiger partial charge in [-0.05, 0) is 110 Å². The summed E-state index contributed by atoms with van der Waals surface area (Å²) in [6.45, 7) is 4.63. The quantitative estimate of drug-likeness (QED) is 0.0963. The second-order valence-corrected chi connectivity index (χ2v) is 17.4. The zero-order valence-electron chi connectivity index (χ0n) is 30.2. The van der Waals surface area contributed by atoms with Gasteiger partial charge in [-0.15, -0.1) is 0 Å². The molecule has 8 rings (SSSR count). The van der Waals surface area contributed by atoms with Crippen molar-refractivity contribution >= 4 is 37.1 Å². The molecule has 2 unspecified atom stereocenters. The van der Waals surface area contributed by atoms with Crippen molar-refractivity contribution < 1.29 is 17.1 Å². The molecule has 2 atom stereocenters. The van der Waals surface area contributed by atoms with Crippen molar-refractivity contribution in [2.45, 2.75) is 25.7 Å². The molecular weight excluding hydrogens is 718 g/mol. The average Bonchev–Trinajstić information content (AvgIpc) is 3.91. The van der Waals surface area contributed by atoms with E-state index in [1.165, 1.54) is 55.5 Å². The molecular formula is C50H44FeP2+2. The molecule has 2 aliphatic rings. The molecule has 0 nitrogen and oxygen atoms in total. The molecule has 2 saturated carbocycles. The Hall–Kier alpha value is -3.30. The van der Waals surface area contributed by atoms with Crippen LogP contribution in [0, 0.1) is 61.7 Å². The molecule has 0 bridgehead atoms. The molecule has 0 spiro atoms. The minimum atomic E-state index is -0.553. The molecule has 10 radical (unpaired) electrons. The molecule has 2 aliphatic carbocycles. The Labute approximate surface area is 332 Å². The fraction of sp³-hybridized carbons (Fsp3) is 0.0800. The van der Waals surface area contributed by atoms with Gasteiger partial charge in [0.05, 0.1) is 0 Å². The van der Waals surface area contributed by atoms with Crippen molar-refractivity contribution in [3.8, 4) is 0 Å². The molecule has 6 aromatic carbocycles. The van der Waals surface area contributed by atoms with Crippen LogP contribution in [-0.4, -0.2) is 0 Å². The molecule has 0 saturated heterocycles. The van der Waals surface area contributed by atoms with Crippen LogP contribution in [0.2, 0.25) is 0 Å². The summed E-state index contributed by atoms with van der Waals surface area (Å²) in [6.07, 6.45) is 13.7. The van der Waals surface area contributed by atoms with Crippen LogP contribution in [0.3, 0.4) is 0 Å². The van der Waals surface area contributed by atoms with Gasteiger partial charge in [-0.1, -0.05) is 196 Å². The Morgan fingerprint density at radius 1 is 0.321 bits per heavy atom. The summed E-state index contributed by atoms with van der Waals surface area (Å²) in [7, 11) is -1.11. The van der Waals surface area contributed by atoms with Crippen LogP contribution in [0.15, 0.2) is 182 Å². The Balaban J connectivity index is 0.000000178. The van der Waals surface area contributed by atoms with E-state index < -0.39 is 15.8 Å². The molecule has 0 N–H and O–H groups in total. The first-order valence-corrected chi connectivity index (χ1v) is 20.8. The van der Waals surface area contributed by atoms with E-state index in [0.29, 0.717) is 11.8 Å². The zero-order chi connectivity index (χ0) is 35.5. The topological polar surface area (TPSA) is 0 Å². The van der Waals surface area contributed by atoms with Crippen LogP contribution >= 0.6 is 15.8 Å². The zero-order valence-corrected chi connectivity index (χ0v) is 33.1. The Kier molecular flexibility index (Phi) is 14.8. The maximum atomic E-state index is 2.32. The van der Waals surface area contributed by atoms with Crippen molar-refractivity contribution in [1.29, 1.82) is 0 Å². The van der Waals surface area contributed by atoms with Crippen LogP contribution in [0.5, 0.6) is 0 Å². The fourth-order valence-electron chi connectivity index (χ4n) is 6.99. The van der Waals surface area contributed by atoms with Gasteiger partial charge in [0.25, 0.3) is 0 Å². The van der Waals surface area contributed by atoms with Crippen molar-refractivity contribution in [1.82, 2.24) is 0 Å². The average molecular weight is 763 g/mol. The summed E-state index contributed by atoms with van der Waals surface area (Å²) in [6, 6.07) is 65.3. The van der Waals surface area contributed by atoms with Gasteiger partial charge in [-0.3, -0.25) is 0 Å². The van der Waals surface area contributed by atoms with Crippen LogP contribution < -0.4 is 21.2 Å². The standard InChI is InChI=1S/2C25H22P.Fe/c2*1-20(21-12-5-2-6-13-21)24-18-11-19-25(24)26(22-14-7-3-8-15-22)23-16-9-4-10-17-23;/h2*2-20H,1H3;/q;;+2. The number of hydrogen-bond acceptors (Lipinski definition) is 0.